The zero-order valence-electron chi connectivity index (χ0n) is 8.44. The maximum Gasteiger partial charge on any atom is 0.309 e. The minimum atomic E-state index is -0.0905. The summed E-state index contributed by atoms with van der Waals surface area (Å²) in [6.07, 6.45) is 2.63. The van der Waals surface area contributed by atoms with Crippen LogP contribution in [0.1, 0.15) is 25.0 Å². The van der Waals surface area contributed by atoms with Crippen LogP contribution in [0.5, 0.6) is 0 Å². The summed E-state index contributed by atoms with van der Waals surface area (Å²) < 4.78 is 5.92. The molecule has 1 saturated carbocycles. The summed E-state index contributed by atoms with van der Waals surface area (Å²) in [4.78, 5) is 15.7. The summed E-state index contributed by atoms with van der Waals surface area (Å²) >= 11 is 3.33. The molecule has 1 fully saturated rings. The van der Waals surface area contributed by atoms with E-state index >= 15 is 0 Å². The lowest BCUT2D eigenvalue weighted by Gasteiger charge is -2.00. The number of nitrogens with zero attached hydrogens (tertiary/aromatic N) is 1. The minimum Gasteiger partial charge on any atom is -0.466 e. The first-order chi connectivity index (χ1) is 7.22. The molecule has 15 heavy (non-hydrogen) atoms. The quantitative estimate of drug-likeness (QED) is 0.792. The van der Waals surface area contributed by atoms with Crippen LogP contribution in [0.3, 0.4) is 0 Å². The van der Waals surface area contributed by atoms with E-state index in [0.29, 0.717) is 6.61 Å². The molecule has 3 nitrogen and oxygen atoms in total. The number of hydrogen-bond acceptors (Lipinski definition) is 3. The summed E-state index contributed by atoms with van der Waals surface area (Å²) in [6.45, 7) is 2.28. The molecule has 80 valence electrons. The van der Waals surface area contributed by atoms with Crippen molar-refractivity contribution in [3.05, 3.63) is 28.5 Å². The first-order valence-corrected chi connectivity index (χ1v) is 5.79. The molecule has 0 saturated heterocycles. The van der Waals surface area contributed by atoms with Gasteiger partial charge in [0.25, 0.3) is 0 Å². The molecule has 4 heteroatoms. The Hall–Kier alpha value is -0.900. The molecule has 1 aliphatic carbocycles. The molecule has 0 aromatic carbocycles. The van der Waals surface area contributed by atoms with Crippen LogP contribution in [-0.4, -0.2) is 17.6 Å². The Morgan fingerprint density at radius 3 is 3.07 bits per heavy atom. The number of aromatic nitrogens is 1. The second-order valence-electron chi connectivity index (χ2n) is 3.60. The van der Waals surface area contributed by atoms with Crippen LogP contribution in [-0.2, 0) is 9.53 Å². The van der Waals surface area contributed by atoms with Crippen molar-refractivity contribution in [1.29, 1.82) is 0 Å². The van der Waals surface area contributed by atoms with Gasteiger partial charge in [0.15, 0.2) is 0 Å². The van der Waals surface area contributed by atoms with Gasteiger partial charge in [0.2, 0.25) is 0 Å². The molecule has 0 amide bonds. The van der Waals surface area contributed by atoms with Gasteiger partial charge in [-0.2, -0.15) is 0 Å². The van der Waals surface area contributed by atoms with Crippen LogP contribution in [0, 0.1) is 5.92 Å². The molecule has 1 aromatic heterocycles. The lowest BCUT2D eigenvalue weighted by Crippen LogP contribution is -2.07. The van der Waals surface area contributed by atoms with Crippen LogP contribution in [0.2, 0.25) is 0 Å². The van der Waals surface area contributed by atoms with Crippen molar-refractivity contribution in [2.75, 3.05) is 6.61 Å². The third-order valence-corrected chi connectivity index (χ3v) is 2.98. The predicted octanol–water partition coefficient (Wildman–Crippen LogP) is 2.51. The second-order valence-corrected chi connectivity index (χ2v) is 4.52. The third-order valence-electron chi connectivity index (χ3n) is 2.51. The highest BCUT2D eigenvalue weighted by Crippen LogP contribution is 2.47. The number of ether oxygens (including phenoxy) is 1. The van der Waals surface area contributed by atoms with E-state index in [4.69, 9.17) is 4.74 Å². The van der Waals surface area contributed by atoms with Crippen LogP contribution in [0.25, 0.3) is 0 Å². The zero-order valence-corrected chi connectivity index (χ0v) is 10.0. The molecule has 0 bridgehead atoms. The second kappa shape index (κ2) is 4.31. The van der Waals surface area contributed by atoms with E-state index in [2.05, 4.69) is 20.9 Å². The van der Waals surface area contributed by atoms with Gasteiger partial charge in [-0.1, -0.05) is 0 Å². The number of esters is 1. The number of carbonyl (C=O) groups excluding carboxylic acids is 1. The fraction of sp³-hybridized carbons (Fsp3) is 0.455. The van der Waals surface area contributed by atoms with Crippen molar-refractivity contribution >= 4 is 21.9 Å². The van der Waals surface area contributed by atoms with Crippen LogP contribution >= 0.6 is 15.9 Å². The van der Waals surface area contributed by atoms with Crippen molar-refractivity contribution in [2.24, 2.45) is 5.92 Å². The van der Waals surface area contributed by atoms with Crippen LogP contribution in [0.4, 0.5) is 0 Å². The topological polar surface area (TPSA) is 39.2 Å². The Labute approximate surface area is 97.0 Å². The fourth-order valence-corrected chi connectivity index (χ4v) is 1.87. The van der Waals surface area contributed by atoms with Crippen LogP contribution in [0.15, 0.2) is 22.8 Å². The lowest BCUT2D eigenvalue weighted by atomic mass is 10.2. The van der Waals surface area contributed by atoms with Gasteiger partial charge in [-0.15, -0.1) is 0 Å². The minimum absolute atomic E-state index is 0.0265. The smallest absolute Gasteiger partial charge is 0.309 e. The molecule has 0 radical (unpaired) electrons. The molecule has 1 aromatic rings. The van der Waals surface area contributed by atoms with Gasteiger partial charge in [-0.05, 0) is 41.4 Å². The monoisotopic (exact) mass is 269 g/mol. The van der Waals surface area contributed by atoms with Crippen LogP contribution < -0.4 is 0 Å². The Balaban J connectivity index is 1.98. The Morgan fingerprint density at radius 2 is 2.47 bits per heavy atom. The van der Waals surface area contributed by atoms with Gasteiger partial charge in [-0.3, -0.25) is 9.78 Å². The average molecular weight is 270 g/mol. The van der Waals surface area contributed by atoms with Crippen molar-refractivity contribution in [3.8, 4) is 0 Å². The van der Waals surface area contributed by atoms with Gasteiger partial charge >= 0.3 is 5.97 Å². The highest BCUT2D eigenvalue weighted by molar-refractivity contribution is 9.10. The summed E-state index contributed by atoms with van der Waals surface area (Å²) in [5, 5.41) is 0. The molecular formula is C11H12BrNO2. The fourth-order valence-electron chi connectivity index (χ4n) is 1.64. The Kier molecular flexibility index (Phi) is 3.05. The number of rotatable bonds is 3. The standard InChI is InChI=1S/C11H12BrNO2/c1-2-15-11(14)9-5-8(9)10-4-3-7(12)6-13-10/h3-4,6,8-9H,2,5H2,1H3/t8-,9-/m1/s1. The van der Waals surface area contributed by atoms with E-state index in [1.165, 1.54) is 0 Å². The molecule has 0 spiro atoms. The van der Waals surface area contributed by atoms with E-state index in [0.717, 1.165) is 16.6 Å². The molecule has 2 rings (SSSR count). The third kappa shape index (κ3) is 2.37. The number of pyridine rings is 1. The summed E-state index contributed by atoms with van der Waals surface area (Å²) in [5.74, 6) is 0.197. The highest BCUT2D eigenvalue weighted by atomic mass is 79.9. The van der Waals surface area contributed by atoms with Gasteiger partial charge in [-0.25, -0.2) is 0 Å². The number of hydrogen-bond donors (Lipinski definition) is 0. The van der Waals surface area contributed by atoms with Gasteiger partial charge in [0.05, 0.1) is 12.5 Å². The molecule has 1 heterocycles. The lowest BCUT2D eigenvalue weighted by molar-refractivity contribution is -0.144. The van der Waals surface area contributed by atoms with Gasteiger partial charge in [0.1, 0.15) is 0 Å². The maximum atomic E-state index is 11.4. The maximum absolute atomic E-state index is 11.4. The summed E-state index contributed by atoms with van der Waals surface area (Å²) in [7, 11) is 0. The predicted molar refractivity (Wildman–Crippen MR) is 59.4 cm³/mol. The molecule has 0 N–H and O–H groups in total. The van der Waals surface area contributed by atoms with Crippen molar-refractivity contribution in [3.63, 3.8) is 0 Å². The largest absolute Gasteiger partial charge is 0.466 e. The van der Waals surface area contributed by atoms with E-state index < -0.39 is 0 Å². The van der Waals surface area contributed by atoms with Gasteiger partial charge < -0.3 is 4.74 Å². The summed E-state index contributed by atoms with van der Waals surface area (Å²) in [6, 6.07) is 3.90. The van der Waals surface area contributed by atoms with E-state index in [9.17, 15) is 4.79 Å². The average Bonchev–Trinajstić information content (AvgIpc) is 2.99. The van der Waals surface area contributed by atoms with Gasteiger partial charge in [0, 0.05) is 22.3 Å². The molecule has 0 unspecified atom stereocenters. The number of carbonyl (C=O) groups is 1. The number of halogens is 1. The normalized spacial score (nSPS) is 23.6. The van der Waals surface area contributed by atoms with E-state index in [1.807, 2.05) is 19.1 Å². The first-order valence-electron chi connectivity index (χ1n) is 5.00. The zero-order chi connectivity index (χ0) is 10.8. The SMILES string of the molecule is CCOC(=O)[C@@H]1C[C@H]1c1ccc(Br)cn1. The molecule has 0 aliphatic heterocycles. The van der Waals surface area contributed by atoms with E-state index in [-0.39, 0.29) is 17.8 Å². The molecule has 1 aliphatic rings. The van der Waals surface area contributed by atoms with E-state index in [1.54, 1.807) is 6.20 Å². The Bertz CT molecular complexity index is 363. The highest BCUT2D eigenvalue weighted by Gasteiger charge is 2.45. The summed E-state index contributed by atoms with van der Waals surface area (Å²) in [5.41, 5.74) is 0.983. The Morgan fingerprint density at radius 1 is 1.67 bits per heavy atom. The molecule has 2 atom stereocenters. The van der Waals surface area contributed by atoms with Crippen molar-refractivity contribution in [1.82, 2.24) is 4.98 Å². The van der Waals surface area contributed by atoms with Crippen molar-refractivity contribution < 1.29 is 9.53 Å². The molecular weight excluding hydrogens is 258 g/mol. The van der Waals surface area contributed by atoms with Crippen molar-refractivity contribution in [2.45, 2.75) is 19.3 Å². The first kappa shape index (κ1) is 10.6.